The molecule has 0 saturated carbocycles. The average Bonchev–Trinajstić information content (AvgIpc) is 2.87. The molecule has 190 valence electrons. The number of rotatable bonds is 4. The summed E-state index contributed by atoms with van der Waals surface area (Å²) in [4.78, 5) is 37.3. The molecule has 8 heteroatoms. The summed E-state index contributed by atoms with van der Waals surface area (Å²) in [6, 6.07) is 14.2. The van der Waals surface area contributed by atoms with Crippen LogP contribution in [0, 0.1) is 0 Å². The van der Waals surface area contributed by atoms with Crippen LogP contribution in [0.25, 0.3) is 23.1 Å². The Morgan fingerprint density at radius 1 is 0.921 bits per heavy atom. The SMILES string of the molecule is CC(=O)Oc1ccc2c(c1)C=C/C(=C/C1=C([O-])C(=C/c3ccc4cc(OC(C)=O)ccc4[n+]3C)/C1=O)N2C. The van der Waals surface area contributed by atoms with Gasteiger partial charge in [-0.25, -0.2) is 0 Å². The molecule has 0 atom stereocenters. The number of nitrogens with zero attached hydrogens (tertiary/aromatic N) is 2. The minimum absolute atomic E-state index is 0.122. The Balaban J connectivity index is 1.42. The Morgan fingerprint density at radius 2 is 1.61 bits per heavy atom. The number of fused-ring (bicyclic) bond motifs is 2. The van der Waals surface area contributed by atoms with E-state index >= 15 is 0 Å². The molecule has 0 radical (unpaired) electrons. The summed E-state index contributed by atoms with van der Waals surface area (Å²) in [7, 11) is 3.68. The van der Waals surface area contributed by atoms with Crippen LogP contribution in [0.2, 0.25) is 0 Å². The number of hydrogen-bond acceptors (Lipinski definition) is 7. The first-order valence-corrected chi connectivity index (χ1v) is 11.9. The van der Waals surface area contributed by atoms with Crippen LogP contribution in [0.3, 0.4) is 0 Å². The van der Waals surface area contributed by atoms with Crippen molar-refractivity contribution in [1.29, 1.82) is 0 Å². The van der Waals surface area contributed by atoms with Crippen LogP contribution < -0.4 is 24.0 Å². The number of carbonyl (C=O) groups excluding carboxylic acids is 3. The number of ether oxygens (including phenoxy) is 2. The molecule has 0 fully saturated rings. The van der Waals surface area contributed by atoms with E-state index in [0.29, 0.717) is 22.9 Å². The van der Waals surface area contributed by atoms with Gasteiger partial charge in [0.1, 0.15) is 18.5 Å². The predicted octanol–water partition coefficient (Wildman–Crippen LogP) is 3.14. The molecule has 3 aromatic rings. The lowest BCUT2D eigenvalue weighted by molar-refractivity contribution is -0.646. The van der Waals surface area contributed by atoms with Crippen molar-refractivity contribution in [2.45, 2.75) is 13.8 Å². The number of Topliss-reactive ketones (excluding diaryl/α,β-unsaturated/α-hetero) is 1. The lowest BCUT2D eigenvalue weighted by Gasteiger charge is -2.31. The molecular formula is C30H24N2O6. The van der Waals surface area contributed by atoms with E-state index in [1.165, 1.54) is 13.8 Å². The predicted molar refractivity (Wildman–Crippen MR) is 140 cm³/mol. The average molecular weight is 509 g/mol. The summed E-state index contributed by atoms with van der Waals surface area (Å²) in [5.41, 5.74) is 4.18. The maximum absolute atomic E-state index is 13.0. The van der Waals surface area contributed by atoms with E-state index in [4.69, 9.17) is 9.47 Å². The van der Waals surface area contributed by atoms with Gasteiger partial charge in [-0.2, -0.15) is 4.57 Å². The maximum Gasteiger partial charge on any atom is 0.308 e. The van der Waals surface area contributed by atoms with Crippen LogP contribution in [0.15, 0.2) is 83.3 Å². The molecule has 2 aromatic carbocycles. The first-order chi connectivity index (χ1) is 18.1. The summed E-state index contributed by atoms with van der Waals surface area (Å²) in [6.07, 6.45) is 6.85. The van der Waals surface area contributed by atoms with Crippen molar-refractivity contribution in [3.63, 3.8) is 0 Å². The first-order valence-electron chi connectivity index (χ1n) is 11.9. The molecule has 0 saturated heterocycles. The van der Waals surface area contributed by atoms with Gasteiger partial charge in [-0.1, -0.05) is 11.8 Å². The second-order valence-corrected chi connectivity index (χ2v) is 9.04. The lowest BCUT2D eigenvalue weighted by atomic mass is 9.86. The monoisotopic (exact) mass is 508 g/mol. The summed E-state index contributed by atoms with van der Waals surface area (Å²) in [6.45, 7) is 2.69. The highest BCUT2D eigenvalue weighted by molar-refractivity contribution is 6.23. The Hall–Kier alpha value is -4.98. The molecule has 8 nitrogen and oxygen atoms in total. The molecule has 1 aliphatic carbocycles. The summed E-state index contributed by atoms with van der Waals surface area (Å²) in [5, 5.41) is 13.8. The molecule has 1 aromatic heterocycles. The van der Waals surface area contributed by atoms with Crippen molar-refractivity contribution in [1.82, 2.24) is 0 Å². The van der Waals surface area contributed by atoms with Gasteiger partial charge >= 0.3 is 11.9 Å². The van der Waals surface area contributed by atoms with Gasteiger partial charge in [0, 0.05) is 67.2 Å². The quantitative estimate of drug-likeness (QED) is 0.231. The fourth-order valence-corrected chi connectivity index (χ4v) is 4.54. The summed E-state index contributed by atoms with van der Waals surface area (Å²) < 4.78 is 12.2. The number of ketones is 1. The standard InChI is InChI=1S/C30H24N2O6/c1-17(33)37-23-9-11-27-19(13-23)5-7-21(31(27)3)15-25-29(35)26(30(25)36)16-22-8-6-20-14-24(38-18(2)34)10-12-28(20)32(22)4/h5-16H,1-4H3. The van der Waals surface area contributed by atoms with Gasteiger partial charge in [-0.3, -0.25) is 14.4 Å². The summed E-state index contributed by atoms with van der Waals surface area (Å²) >= 11 is 0. The number of esters is 2. The zero-order valence-electron chi connectivity index (χ0n) is 21.3. The van der Waals surface area contributed by atoms with Gasteiger partial charge in [-0.05, 0) is 48.6 Å². The zero-order chi connectivity index (χ0) is 27.1. The highest BCUT2D eigenvalue weighted by Gasteiger charge is 2.28. The second-order valence-electron chi connectivity index (χ2n) is 9.04. The van der Waals surface area contributed by atoms with Gasteiger partial charge in [-0.15, -0.1) is 0 Å². The minimum atomic E-state index is -0.397. The van der Waals surface area contributed by atoms with Crippen LogP contribution in [-0.4, -0.2) is 24.8 Å². The van der Waals surface area contributed by atoms with Crippen molar-refractivity contribution >= 4 is 46.5 Å². The molecule has 5 rings (SSSR count). The van der Waals surface area contributed by atoms with Crippen LogP contribution >= 0.6 is 0 Å². The largest absolute Gasteiger partial charge is 0.871 e. The molecule has 38 heavy (non-hydrogen) atoms. The fraction of sp³-hybridized carbons (Fsp3) is 0.133. The molecule has 0 unspecified atom stereocenters. The van der Waals surface area contributed by atoms with E-state index in [9.17, 15) is 19.5 Å². The van der Waals surface area contributed by atoms with Gasteiger partial charge in [0.2, 0.25) is 11.2 Å². The molecule has 0 amide bonds. The lowest BCUT2D eigenvalue weighted by Crippen LogP contribution is -2.35. The molecule has 1 aliphatic heterocycles. The number of benzene rings is 2. The van der Waals surface area contributed by atoms with E-state index in [1.807, 2.05) is 60.0 Å². The minimum Gasteiger partial charge on any atom is -0.871 e. The van der Waals surface area contributed by atoms with Crippen molar-refractivity contribution in [2.75, 3.05) is 11.9 Å². The molecule has 0 bridgehead atoms. The number of aromatic nitrogens is 1. The van der Waals surface area contributed by atoms with Crippen LogP contribution in [0.5, 0.6) is 11.5 Å². The highest BCUT2D eigenvalue weighted by Crippen LogP contribution is 2.35. The molecule has 0 N–H and O–H groups in total. The van der Waals surface area contributed by atoms with Gasteiger partial charge in [0.15, 0.2) is 5.78 Å². The van der Waals surface area contributed by atoms with E-state index < -0.39 is 11.9 Å². The Morgan fingerprint density at radius 3 is 2.29 bits per heavy atom. The third-order valence-corrected chi connectivity index (χ3v) is 6.45. The van der Waals surface area contributed by atoms with Gasteiger partial charge < -0.3 is 19.5 Å². The van der Waals surface area contributed by atoms with Crippen LogP contribution in [0.4, 0.5) is 5.69 Å². The van der Waals surface area contributed by atoms with Gasteiger partial charge in [0.05, 0.1) is 5.39 Å². The van der Waals surface area contributed by atoms with Crippen molar-refractivity contribution in [2.24, 2.45) is 7.05 Å². The fourth-order valence-electron chi connectivity index (χ4n) is 4.54. The maximum atomic E-state index is 13.0. The third kappa shape index (κ3) is 4.48. The van der Waals surface area contributed by atoms with E-state index in [1.54, 1.807) is 36.4 Å². The van der Waals surface area contributed by atoms with Crippen LogP contribution in [0.1, 0.15) is 25.1 Å². The molecule has 0 spiro atoms. The number of pyridine rings is 1. The number of allylic oxidation sites excluding steroid dienone is 4. The normalized spacial score (nSPS) is 16.6. The number of hydrogen-bond donors (Lipinski definition) is 0. The van der Waals surface area contributed by atoms with E-state index in [0.717, 1.165) is 22.2 Å². The topological polar surface area (TPSA) is 99.8 Å². The van der Waals surface area contributed by atoms with E-state index in [2.05, 4.69) is 0 Å². The number of aryl methyl sites for hydroxylation is 1. The Labute approximate surface area is 219 Å². The summed E-state index contributed by atoms with van der Waals surface area (Å²) in [5.74, 6) is -0.529. The Kier molecular flexibility index (Phi) is 6.16. The highest BCUT2D eigenvalue weighted by atomic mass is 16.5. The van der Waals surface area contributed by atoms with Crippen molar-refractivity contribution < 1.29 is 33.5 Å². The smallest absolute Gasteiger partial charge is 0.308 e. The Bertz CT molecular complexity index is 1680. The molecular weight excluding hydrogens is 484 g/mol. The van der Waals surface area contributed by atoms with E-state index in [-0.39, 0.29) is 22.7 Å². The zero-order valence-corrected chi connectivity index (χ0v) is 21.3. The molecule has 2 aliphatic rings. The second kappa shape index (κ2) is 9.48. The van der Waals surface area contributed by atoms with Crippen molar-refractivity contribution in [3.8, 4) is 11.5 Å². The number of anilines is 1. The number of likely N-dealkylation sites (N-methyl/N-ethyl adjacent to an activating group) is 1. The first kappa shape index (κ1) is 24.7. The molecule has 2 heterocycles. The van der Waals surface area contributed by atoms with Crippen LogP contribution in [-0.2, 0) is 21.4 Å². The van der Waals surface area contributed by atoms with Crippen molar-refractivity contribution in [3.05, 3.63) is 94.5 Å². The van der Waals surface area contributed by atoms with Gasteiger partial charge in [0.25, 0.3) is 0 Å². The number of carbonyl (C=O) groups is 3. The third-order valence-electron chi connectivity index (χ3n) is 6.45.